The van der Waals surface area contributed by atoms with Gasteiger partial charge in [0, 0.05) is 23.5 Å². The molecule has 0 unspecified atom stereocenters. The number of nitrogens with one attached hydrogen (secondary N) is 1. The fourth-order valence-electron chi connectivity index (χ4n) is 3.08. The molecule has 0 fully saturated rings. The monoisotopic (exact) mass is 421 g/mol. The molecule has 1 heterocycles. The number of halogens is 1. The first kappa shape index (κ1) is 20.5. The minimum atomic E-state index is -0.452. The summed E-state index contributed by atoms with van der Waals surface area (Å²) in [5, 5.41) is 20.9. The Bertz CT molecular complexity index is 1370. The normalized spacial score (nSPS) is 10.1. The van der Waals surface area contributed by atoms with Gasteiger partial charge in [-0.1, -0.05) is 12.1 Å². The molecule has 0 aliphatic carbocycles. The second-order valence-electron chi connectivity index (χ2n) is 6.92. The summed E-state index contributed by atoms with van der Waals surface area (Å²) in [6.45, 7) is 1.86. The van der Waals surface area contributed by atoms with Crippen LogP contribution in [0.2, 0.25) is 0 Å². The van der Waals surface area contributed by atoms with Crippen molar-refractivity contribution in [1.82, 2.24) is 9.97 Å². The van der Waals surface area contributed by atoms with Crippen molar-refractivity contribution >= 4 is 11.6 Å². The molecule has 0 spiro atoms. The summed E-state index contributed by atoms with van der Waals surface area (Å²) >= 11 is 0. The molecule has 1 N–H and O–H groups in total. The number of rotatable bonds is 5. The van der Waals surface area contributed by atoms with Crippen LogP contribution in [0, 0.1) is 35.4 Å². The van der Waals surface area contributed by atoms with Crippen molar-refractivity contribution < 1.29 is 9.13 Å². The highest BCUT2D eigenvalue weighted by Gasteiger charge is 2.10. The highest BCUT2D eigenvalue weighted by Crippen LogP contribution is 2.31. The SMILES string of the molecule is Cc1cc(-c2ccc(C#N)cc2F)ccc1Oc1ccnc(Nc2ccc(C#N)cc2)n1. The lowest BCUT2D eigenvalue weighted by Crippen LogP contribution is -1.99. The van der Waals surface area contributed by atoms with Gasteiger partial charge in [0.05, 0.1) is 23.3 Å². The molecule has 3 aromatic carbocycles. The molecule has 1 aromatic heterocycles. The molecule has 0 aliphatic heterocycles. The average Bonchev–Trinajstić information content (AvgIpc) is 2.81. The maximum absolute atomic E-state index is 14.3. The standard InChI is InChI=1S/C25H16FN5O/c1-16-12-19(21-8-4-18(15-28)13-22(21)26)5-9-23(16)32-24-10-11-29-25(31-24)30-20-6-2-17(14-27)3-7-20/h2-13H,1H3,(H,29,30,31). The molecule has 4 rings (SSSR count). The molecule has 0 amide bonds. The van der Waals surface area contributed by atoms with Crippen LogP contribution >= 0.6 is 0 Å². The Morgan fingerprint density at radius 3 is 2.34 bits per heavy atom. The van der Waals surface area contributed by atoms with Crippen molar-refractivity contribution in [1.29, 1.82) is 10.5 Å². The van der Waals surface area contributed by atoms with Gasteiger partial charge >= 0.3 is 0 Å². The summed E-state index contributed by atoms with van der Waals surface area (Å²) < 4.78 is 20.3. The number of nitrogens with zero attached hydrogens (tertiary/aromatic N) is 4. The van der Waals surface area contributed by atoms with Crippen molar-refractivity contribution in [3.8, 4) is 34.9 Å². The molecule has 6 nitrogen and oxygen atoms in total. The van der Waals surface area contributed by atoms with Crippen LogP contribution in [-0.2, 0) is 0 Å². The summed E-state index contributed by atoms with van der Waals surface area (Å²) in [6, 6.07) is 22.3. The average molecular weight is 421 g/mol. The van der Waals surface area contributed by atoms with Crippen LogP contribution in [0.1, 0.15) is 16.7 Å². The molecule has 7 heteroatoms. The number of anilines is 2. The first-order valence-electron chi connectivity index (χ1n) is 9.64. The lowest BCUT2D eigenvalue weighted by molar-refractivity contribution is 0.459. The fraction of sp³-hybridized carbons (Fsp3) is 0.0400. The Morgan fingerprint density at radius 2 is 1.66 bits per heavy atom. The van der Waals surface area contributed by atoms with Gasteiger partial charge in [-0.05, 0) is 66.6 Å². The van der Waals surface area contributed by atoms with Gasteiger partial charge in [0.25, 0.3) is 0 Å². The van der Waals surface area contributed by atoms with Crippen LogP contribution in [0.5, 0.6) is 11.6 Å². The maximum Gasteiger partial charge on any atom is 0.230 e. The van der Waals surface area contributed by atoms with Crippen LogP contribution in [0.25, 0.3) is 11.1 Å². The number of hydrogen-bond acceptors (Lipinski definition) is 6. The zero-order chi connectivity index (χ0) is 22.5. The van der Waals surface area contributed by atoms with Crippen molar-refractivity contribution in [2.45, 2.75) is 6.92 Å². The number of ether oxygens (including phenoxy) is 1. The summed E-state index contributed by atoms with van der Waals surface area (Å²) in [6.07, 6.45) is 1.57. The highest BCUT2D eigenvalue weighted by molar-refractivity contribution is 5.67. The van der Waals surface area contributed by atoms with E-state index in [1.54, 1.807) is 60.8 Å². The predicted molar refractivity (Wildman–Crippen MR) is 118 cm³/mol. The van der Waals surface area contributed by atoms with Crippen LogP contribution in [0.15, 0.2) is 72.9 Å². The number of aromatic nitrogens is 2. The van der Waals surface area contributed by atoms with Crippen molar-refractivity contribution in [2.75, 3.05) is 5.32 Å². The largest absolute Gasteiger partial charge is 0.439 e. The van der Waals surface area contributed by atoms with Gasteiger partial charge in [-0.3, -0.25) is 0 Å². The van der Waals surface area contributed by atoms with E-state index in [-0.39, 0.29) is 5.56 Å². The van der Waals surface area contributed by atoms with Crippen LogP contribution in [0.4, 0.5) is 16.0 Å². The molecular weight excluding hydrogens is 405 g/mol. The van der Waals surface area contributed by atoms with Crippen molar-refractivity contribution in [3.05, 3.63) is 95.4 Å². The van der Waals surface area contributed by atoms with Crippen LogP contribution < -0.4 is 10.1 Å². The predicted octanol–water partition coefficient (Wildman–Crippen LogP) is 5.87. The van der Waals surface area contributed by atoms with E-state index in [0.717, 1.165) is 11.3 Å². The second-order valence-corrected chi connectivity index (χ2v) is 6.92. The zero-order valence-electron chi connectivity index (χ0n) is 17.0. The van der Waals surface area contributed by atoms with Gasteiger partial charge in [0.2, 0.25) is 11.8 Å². The van der Waals surface area contributed by atoms with E-state index in [1.165, 1.54) is 6.07 Å². The van der Waals surface area contributed by atoms with E-state index < -0.39 is 5.82 Å². The number of nitriles is 2. The third kappa shape index (κ3) is 4.53. The van der Waals surface area contributed by atoms with Gasteiger partial charge in [-0.25, -0.2) is 9.37 Å². The number of aryl methyl sites for hydroxylation is 1. The smallest absolute Gasteiger partial charge is 0.230 e. The van der Waals surface area contributed by atoms with E-state index in [9.17, 15) is 4.39 Å². The molecular formula is C25H16FN5O. The summed E-state index contributed by atoms with van der Waals surface area (Å²) in [5.74, 6) is 0.815. The van der Waals surface area contributed by atoms with E-state index in [4.69, 9.17) is 15.3 Å². The van der Waals surface area contributed by atoms with Crippen LogP contribution in [-0.4, -0.2) is 9.97 Å². The van der Waals surface area contributed by atoms with E-state index in [2.05, 4.69) is 21.4 Å². The van der Waals surface area contributed by atoms with Crippen molar-refractivity contribution in [3.63, 3.8) is 0 Å². The minimum Gasteiger partial charge on any atom is -0.439 e. The van der Waals surface area contributed by atoms with Crippen LogP contribution in [0.3, 0.4) is 0 Å². The highest BCUT2D eigenvalue weighted by atomic mass is 19.1. The Morgan fingerprint density at radius 1 is 0.906 bits per heavy atom. The summed E-state index contributed by atoms with van der Waals surface area (Å²) in [7, 11) is 0. The topological polar surface area (TPSA) is 94.6 Å². The van der Waals surface area contributed by atoms with Crippen molar-refractivity contribution in [2.24, 2.45) is 0 Å². The molecule has 0 aliphatic rings. The van der Waals surface area contributed by atoms with Gasteiger partial charge in [0.1, 0.15) is 11.6 Å². The minimum absolute atomic E-state index is 0.275. The Kier molecular flexibility index (Phi) is 5.74. The van der Waals surface area contributed by atoms with E-state index in [1.807, 2.05) is 19.1 Å². The van der Waals surface area contributed by atoms with Gasteiger partial charge in [-0.15, -0.1) is 0 Å². The zero-order valence-corrected chi connectivity index (χ0v) is 17.0. The van der Waals surface area contributed by atoms with E-state index in [0.29, 0.717) is 34.3 Å². The molecule has 154 valence electrons. The first-order valence-corrected chi connectivity index (χ1v) is 9.64. The quantitative estimate of drug-likeness (QED) is 0.433. The fourth-order valence-corrected chi connectivity index (χ4v) is 3.08. The molecule has 4 aromatic rings. The lowest BCUT2D eigenvalue weighted by Gasteiger charge is -2.11. The summed E-state index contributed by atoms with van der Waals surface area (Å²) in [5.41, 5.74) is 3.47. The molecule has 32 heavy (non-hydrogen) atoms. The number of hydrogen-bond donors (Lipinski definition) is 1. The van der Waals surface area contributed by atoms with Gasteiger partial charge < -0.3 is 10.1 Å². The maximum atomic E-state index is 14.3. The molecule has 0 bridgehead atoms. The molecule has 0 saturated heterocycles. The third-order valence-corrected chi connectivity index (χ3v) is 4.70. The first-order chi connectivity index (χ1) is 15.6. The Hall–Kier alpha value is -4.75. The molecule has 0 saturated carbocycles. The molecule has 0 atom stereocenters. The Labute approximate surface area is 184 Å². The van der Waals surface area contributed by atoms with E-state index >= 15 is 0 Å². The van der Waals surface area contributed by atoms with Gasteiger partial charge in [0.15, 0.2) is 0 Å². The van der Waals surface area contributed by atoms with Gasteiger partial charge in [-0.2, -0.15) is 15.5 Å². The summed E-state index contributed by atoms with van der Waals surface area (Å²) in [4.78, 5) is 8.55. The number of benzene rings is 3. The Balaban J connectivity index is 1.52. The lowest BCUT2D eigenvalue weighted by atomic mass is 10.0. The second kappa shape index (κ2) is 8.95. The molecule has 0 radical (unpaired) electrons. The third-order valence-electron chi connectivity index (χ3n) is 4.70.